The van der Waals surface area contributed by atoms with Crippen LogP contribution in [-0.2, 0) is 4.79 Å². The number of carbonyl (C=O) groups excluding carboxylic acids is 1. The third-order valence-electron chi connectivity index (χ3n) is 6.67. The van der Waals surface area contributed by atoms with E-state index in [2.05, 4.69) is 69.6 Å². The average molecular weight is 414 g/mol. The first kappa shape index (κ1) is 22.6. The summed E-state index contributed by atoms with van der Waals surface area (Å²) in [5, 5.41) is 7.09. The van der Waals surface area contributed by atoms with E-state index in [0.717, 1.165) is 57.9 Å². The van der Waals surface area contributed by atoms with Gasteiger partial charge in [0.25, 0.3) is 0 Å². The van der Waals surface area contributed by atoms with Crippen LogP contribution < -0.4 is 10.6 Å². The molecule has 0 bridgehead atoms. The Morgan fingerprint density at radius 1 is 1.17 bits per heavy atom. The number of rotatable bonds is 8. The lowest BCUT2D eigenvalue weighted by atomic mass is 10.1. The van der Waals surface area contributed by atoms with E-state index in [1.807, 2.05) is 7.05 Å². The van der Waals surface area contributed by atoms with Crippen LogP contribution in [0, 0.1) is 5.92 Å². The maximum atomic E-state index is 12.7. The molecule has 30 heavy (non-hydrogen) atoms. The van der Waals surface area contributed by atoms with Crippen LogP contribution in [0.2, 0.25) is 0 Å². The second kappa shape index (κ2) is 11.3. The molecule has 1 aliphatic carbocycles. The van der Waals surface area contributed by atoms with Gasteiger partial charge in [-0.15, -0.1) is 0 Å². The highest BCUT2D eigenvalue weighted by atomic mass is 16.2. The number of hydrogen-bond donors (Lipinski definition) is 2. The van der Waals surface area contributed by atoms with Gasteiger partial charge < -0.3 is 15.5 Å². The molecule has 0 aromatic heterocycles. The molecule has 1 amide bonds. The molecule has 2 N–H and O–H groups in total. The minimum atomic E-state index is 0.266. The fraction of sp³-hybridized carbons (Fsp3) is 0.667. The van der Waals surface area contributed by atoms with Crippen molar-refractivity contribution in [1.82, 2.24) is 20.4 Å². The van der Waals surface area contributed by atoms with Crippen LogP contribution in [0.3, 0.4) is 0 Å². The molecule has 1 heterocycles. The number of aliphatic imine (C=N–C) groups is 1. The van der Waals surface area contributed by atoms with Crippen molar-refractivity contribution in [3.8, 4) is 0 Å². The van der Waals surface area contributed by atoms with Crippen molar-refractivity contribution in [1.29, 1.82) is 0 Å². The van der Waals surface area contributed by atoms with Crippen molar-refractivity contribution in [3.05, 3.63) is 35.9 Å². The molecule has 6 nitrogen and oxygen atoms in total. The van der Waals surface area contributed by atoms with Gasteiger partial charge in [0.2, 0.25) is 5.91 Å². The van der Waals surface area contributed by atoms with Crippen LogP contribution in [0.5, 0.6) is 0 Å². The Labute approximate surface area is 182 Å². The standard InChI is InChI=1S/C24H39N5O/c1-4-28(5-2)22(19-11-7-6-8-12-19)17-26-24(25-3)27-21-15-16-29(18-21)23(30)20-13-9-10-14-20/h6-8,11-12,20-22H,4-5,9-10,13-18H2,1-3H3,(H2,25,26,27). The summed E-state index contributed by atoms with van der Waals surface area (Å²) in [7, 11) is 1.82. The van der Waals surface area contributed by atoms with Crippen molar-refractivity contribution in [2.24, 2.45) is 10.9 Å². The van der Waals surface area contributed by atoms with Crippen LogP contribution in [0.15, 0.2) is 35.3 Å². The maximum Gasteiger partial charge on any atom is 0.225 e. The Morgan fingerprint density at radius 2 is 1.87 bits per heavy atom. The molecular formula is C24H39N5O. The number of nitrogens with zero attached hydrogens (tertiary/aromatic N) is 3. The smallest absolute Gasteiger partial charge is 0.225 e. The number of nitrogens with one attached hydrogen (secondary N) is 2. The topological polar surface area (TPSA) is 60.0 Å². The number of benzene rings is 1. The van der Waals surface area contributed by atoms with Gasteiger partial charge in [-0.25, -0.2) is 0 Å². The summed E-state index contributed by atoms with van der Waals surface area (Å²) in [6.07, 6.45) is 5.54. The Bertz CT molecular complexity index is 682. The molecule has 0 radical (unpaired) electrons. The highest BCUT2D eigenvalue weighted by Crippen LogP contribution is 2.28. The van der Waals surface area contributed by atoms with Gasteiger partial charge in [-0.3, -0.25) is 14.7 Å². The van der Waals surface area contributed by atoms with E-state index in [-0.39, 0.29) is 12.0 Å². The molecule has 2 fully saturated rings. The number of hydrogen-bond acceptors (Lipinski definition) is 3. The lowest BCUT2D eigenvalue weighted by Gasteiger charge is -2.31. The summed E-state index contributed by atoms with van der Waals surface area (Å²) in [6, 6.07) is 11.2. The monoisotopic (exact) mass is 413 g/mol. The molecule has 2 unspecified atom stereocenters. The van der Waals surface area contributed by atoms with Crippen molar-refractivity contribution in [3.63, 3.8) is 0 Å². The van der Waals surface area contributed by atoms with E-state index >= 15 is 0 Å². The van der Waals surface area contributed by atoms with Gasteiger partial charge in [0.15, 0.2) is 5.96 Å². The Morgan fingerprint density at radius 3 is 2.50 bits per heavy atom. The fourth-order valence-electron chi connectivity index (χ4n) is 4.89. The number of guanidine groups is 1. The number of amides is 1. The summed E-state index contributed by atoms with van der Waals surface area (Å²) in [5.74, 6) is 1.45. The Hall–Kier alpha value is -2.08. The molecule has 1 aliphatic heterocycles. The molecule has 1 saturated heterocycles. The van der Waals surface area contributed by atoms with Crippen LogP contribution in [-0.4, -0.2) is 67.5 Å². The molecule has 0 spiro atoms. The van der Waals surface area contributed by atoms with Gasteiger partial charge in [-0.1, -0.05) is 57.0 Å². The molecule has 2 aliphatic rings. The van der Waals surface area contributed by atoms with E-state index in [4.69, 9.17) is 0 Å². The van der Waals surface area contributed by atoms with E-state index in [9.17, 15) is 4.79 Å². The predicted octanol–water partition coefficient (Wildman–Crippen LogP) is 3.03. The van der Waals surface area contributed by atoms with Gasteiger partial charge in [0.05, 0.1) is 6.04 Å². The van der Waals surface area contributed by atoms with Gasteiger partial charge in [-0.05, 0) is 37.9 Å². The van der Waals surface area contributed by atoms with Crippen molar-refractivity contribution >= 4 is 11.9 Å². The largest absolute Gasteiger partial charge is 0.354 e. The van der Waals surface area contributed by atoms with Crippen LogP contribution in [0.1, 0.15) is 57.6 Å². The minimum Gasteiger partial charge on any atom is -0.354 e. The SMILES string of the molecule is CCN(CC)C(CNC(=NC)NC1CCN(C(=O)C2CCCC2)C1)c1ccccc1. The van der Waals surface area contributed by atoms with E-state index in [0.29, 0.717) is 11.9 Å². The zero-order valence-corrected chi connectivity index (χ0v) is 18.9. The lowest BCUT2D eigenvalue weighted by Crippen LogP contribution is -2.47. The third-order valence-corrected chi connectivity index (χ3v) is 6.67. The summed E-state index contributed by atoms with van der Waals surface area (Å²) >= 11 is 0. The zero-order valence-electron chi connectivity index (χ0n) is 18.9. The Balaban J connectivity index is 1.54. The third kappa shape index (κ3) is 5.75. The summed E-state index contributed by atoms with van der Waals surface area (Å²) in [5.41, 5.74) is 1.32. The van der Waals surface area contributed by atoms with Crippen LogP contribution in [0.4, 0.5) is 0 Å². The first-order valence-corrected chi connectivity index (χ1v) is 11.7. The van der Waals surface area contributed by atoms with E-state index in [1.165, 1.54) is 18.4 Å². The highest BCUT2D eigenvalue weighted by Gasteiger charge is 2.32. The van der Waals surface area contributed by atoms with Gasteiger partial charge in [-0.2, -0.15) is 0 Å². The number of likely N-dealkylation sites (N-methyl/N-ethyl adjacent to an activating group) is 1. The Kier molecular flexibility index (Phi) is 8.55. The average Bonchev–Trinajstić information content (AvgIpc) is 3.48. The molecule has 2 atom stereocenters. The summed E-state index contributed by atoms with van der Waals surface area (Å²) in [4.78, 5) is 21.7. The van der Waals surface area contributed by atoms with Crippen LogP contribution in [0.25, 0.3) is 0 Å². The van der Waals surface area contributed by atoms with Gasteiger partial charge >= 0.3 is 0 Å². The van der Waals surface area contributed by atoms with Crippen molar-refractivity contribution in [2.75, 3.05) is 39.8 Å². The van der Waals surface area contributed by atoms with E-state index in [1.54, 1.807) is 0 Å². The molecule has 1 aromatic rings. The maximum absolute atomic E-state index is 12.7. The first-order chi connectivity index (χ1) is 14.7. The quantitative estimate of drug-likeness (QED) is 0.508. The van der Waals surface area contributed by atoms with Crippen molar-refractivity contribution < 1.29 is 4.79 Å². The van der Waals surface area contributed by atoms with Crippen LogP contribution >= 0.6 is 0 Å². The minimum absolute atomic E-state index is 0.266. The number of carbonyl (C=O) groups is 1. The highest BCUT2D eigenvalue weighted by molar-refractivity contribution is 5.81. The fourth-order valence-corrected chi connectivity index (χ4v) is 4.89. The molecule has 6 heteroatoms. The zero-order chi connectivity index (χ0) is 21.3. The summed E-state index contributed by atoms with van der Waals surface area (Å²) < 4.78 is 0. The predicted molar refractivity (Wildman–Crippen MR) is 124 cm³/mol. The summed E-state index contributed by atoms with van der Waals surface area (Å²) in [6.45, 7) is 8.87. The van der Waals surface area contributed by atoms with E-state index < -0.39 is 0 Å². The molecule has 1 saturated carbocycles. The normalized spacial score (nSPS) is 21.3. The number of likely N-dealkylation sites (tertiary alicyclic amines) is 1. The molecule has 166 valence electrons. The molecular weight excluding hydrogens is 374 g/mol. The second-order valence-corrected chi connectivity index (χ2v) is 8.50. The molecule has 3 rings (SSSR count). The lowest BCUT2D eigenvalue weighted by molar-refractivity contribution is -0.134. The van der Waals surface area contributed by atoms with Crippen molar-refractivity contribution in [2.45, 2.75) is 58.0 Å². The second-order valence-electron chi connectivity index (χ2n) is 8.50. The van der Waals surface area contributed by atoms with Gasteiger partial charge in [0.1, 0.15) is 0 Å². The molecule has 1 aromatic carbocycles. The van der Waals surface area contributed by atoms with Gasteiger partial charge in [0, 0.05) is 38.6 Å². The first-order valence-electron chi connectivity index (χ1n) is 11.7.